The van der Waals surface area contributed by atoms with Gasteiger partial charge >= 0.3 is 5.97 Å². The Labute approximate surface area is 154 Å². The Morgan fingerprint density at radius 1 is 1.36 bits per heavy atom. The number of nitrogens with one attached hydrogen (secondary N) is 1. The number of methoxy groups -OCH3 is 2. The standard InChI is InChI=1S/C15H19N5O3S2/c1-22-12-5-3-11(4-6-12)20-15(24)19(16-17-20)10-18-7-8-25-13(9-18)14(21)23-2/h3-6,13H,7-10H2,1-2H3/p+1/t13-/m1/s1. The Kier molecular flexibility index (Phi) is 5.71. The number of esters is 1. The molecule has 2 heterocycles. The maximum Gasteiger partial charge on any atom is 0.324 e. The predicted octanol–water partition coefficient (Wildman–Crippen LogP) is -0.0623. The Morgan fingerprint density at radius 3 is 2.80 bits per heavy atom. The summed E-state index contributed by atoms with van der Waals surface area (Å²) in [6.45, 7) is 2.20. The summed E-state index contributed by atoms with van der Waals surface area (Å²) in [5.41, 5.74) is 0.827. The van der Waals surface area contributed by atoms with Crippen molar-refractivity contribution in [1.82, 2.24) is 19.8 Å². The topological polar surface area (TPSA) is 75.6 Å². The van der Waals surface area contributed by atoms with Gasteiger partial charge in [-0.05, 0) is 46.9 Å². The molecule has 2 atom stereocenters. The van der Waals surface area contributed by atoms with Crippen molar-refractivity contribution in [1.29, 1.82) is 0 Å². The Balaban J connectivity index is 1.72. The minimum atomic E-state index is -0.173. The van der Waals surface area contributed by atoms with Crippen LogP contribution in [0.5, 0.6) is 5.75 Å². The highest BCUT2D eigenvalue weighted by Gasteiger charge is 2.30. The fourth-order valence-corrected chi connectivity index (χ4v) is 4.19. The summed E-state index contributed by atoms with van der Waals surface area (Å²) in [7, 11) is 3.05. The van der Waals surface area contributed by atoms with Gasteiger partial charge in [-0.15, -0.1) is 11.8 Å². The number of ether oxygens (including phenoxy) is 2. The van der Waals surface area contributed by atoms with Gasteiger partial charge in [0.2, 0.25) is 4.77 Å². The minimum Gasteiger partial charge on any atom is -0.497 e. The second kappa shape index (κ2) is 7.98. The van der Waals surface area contributed by atoms with Crippen LogP contribution < -0.4 is 9.64 Å². The highest BCUT2D eigenvalue weighted by Crippen LogP contribution is 2.14. The van der Waals surface area contributed by atoms with E-state index < -0.39 is 0 Å². The number of quaternary nitrogens is 1. The zero-order valence-corrected chi connectivity index (χ0v) is 15.7. The molecule has 1 aromatic heterocycles. The van der Waals surface area contributed by atoms with Crippen LogP contribution in [0.4, 0.5) is 0 Å². The average molecular weight is 382 g/mol. The second-order valence-corrected chi connectivity index (χ2v) is 7.29. The lowest BCUT2D eigenvalue weighted by molar-refractivity contribution is -0.921. The largest absolute Gasteiger partial charge is 0.497 e. The van der Waals surface area contributed by atoms with Crippen molar-refractivity contribution in [2.75, 3.05) is 33.1 Å². The first kappa shape index (κ1) is 17.9. The molecule has 3 rings (SSSR count). The number of benzene rings is 1. The van der Waals surface area contributed by atoms with Crippen molar-refractivity contribution in [3.63, 3.8) is 0 Å². The molecule has 10 heteroatoms. The predicted molar refractivity (Wildman–Crippen MR) is 95.7 cm³/mol. The van der Waals surface area contributed by atoms with Crippen LogP contribution in [-0.4, -0.2) is 64.1 Å². The van der Waals surface area contributed by atoms with Gasteiger partial charge in [0.05, 0.1) is 26.5 Å². The van der Waals surface area contributed by atoms with Gasteiger partial charge in [0, 0.05) is 5.75 Å². The molecule has 1 fully saturated rings. The number of nitrogens with zero attached hydrogens (tertiary/aromatic N) is 4. The molecule has 134 valence electrons. The SMILES string of the molecule is COC(=O)[C@H]1C[NH+](Cn2nnn(-c3ccc(OC)cc3)c2=S)CCS1. The van der Waals surface area contributed by atoms with Gasteiger partial charge in [0.1, 0.15) is 12.3 Å². The number of thioether (sulfide) groups is 1. The fourth-order valence-electron chi connectivity index (χ4n) is 2.67. The van der Waals surface area contributed by atoms with Crippen molar-refractivity contribution < 1.29 is 19.2 Å². The van der Waals surface area contributed by atoms with Crippen LogP contribution in [-0.2, 0) is 16.2 Å². The molecular weight excluding hydrogens is 362 g/mol. The zero-order chi connectivity index (χ0) is 17.8. The van der Waals surface area contributed by atoms with Crippen LogP contribution >= 0.6 is 24.0 Å². The molecular formula is C15H20N5O3S2+. The summed E-state index contributed by atoms with van der Waals surface area (Å²) in [6, 6.07) is 7.46. The van der Waals surface area contributed by atoms with Crippen molar-refractivity contribution >= 4 is 29.9 Å². The third-order valence-electron chi connectivity index (χ3n) is 4.04. The fraction of sp³-hybridized carbons (Fsp3) is 0.467. The molecule has 0 bridgehead atoms. The average Bonchev–Trinajstić information content (AvgIpc) is 3.02. The normalized spacial score (nSPS) is 20.2. The summed E-state index contributed by atoms with van der Waals surface area (Å²) in [5.74, 6) is 1.49. The number of hydrogen-bond acceptors (Lipinski definition) is 7. The molecule has 1 aromatic carbocycles. The van der Waals surface area contributed by atoms with E-state index in [9.17, 15) is 4.79 Å². The van der Waals surface area contributed by atoms with E-state index >= 15 is 0 Å². The van der Waals surface area contributed by atoms with Crippen LogP contribution in [0.25, 0.3) is 5.69 Å². The number of aromatic nitrogens is 4. The summed E-state index contributed by atoms with van der Waals surface area (Å²) in [5, 5.41) is 8.18. The van der Waals surface area contributed by atoms with E-state index in [1.807, 2.05) is 24.3 Å². The van der Waals surface area contributed by atoms with Crippen LogP contribution in [0.1, 0.15) is 0 Å². The zero-order valence-electron chi connectivity index (χ0n) is 14.0. The Morgan fingerprint density at radius 2 is 2.12 bits per heavy atom. The van der Waals surface area contributed by atoms with Gasteiger partial charge in [-0.3, -0.25) is 4.79 Å². The first-order valence-corrected chi connectivity index (χ1v) is 9.28. The summed E-state index contributed by atoms with van der Waals surface area (Å²) < 4.78 is 13.8. The highest BCUT2D eigenvalue weighted by atomic mass is 32.2. The number of rotatable bonds is 5. The molecule has 1 aliphatic rings. The summed E-state index contributed by atoms with van der Waals surface area (Å²) in [4.78, 5) is 13.0. The van der Waals surface area contributed by atoms with E-state index in [4.69, 9.17) is 21.7 Å². The van der Waals surface area contributed by atoms with Gasteiger partial charge in [-0.1, -0.05) is 0 Å². The second-order valence-electron chi connectivity index (χ2n) is 5.62. The third-order valence-corrected chi connectivity index (χ3v) is 5.63. The smallest absolute Gasteiger partial charge is 0.324 e. The van der Waals surface area contributed by atoms with Crippen LogP contribution in [0, 0.1) is 4.77 Å². The Hall–Kier alpha value is -1.91. The van der Waals surface area contributed by atoms with E-state index in [1.165, 1.54) is 12.0 Å². The van der Waals surface area contributed by atoms with Gasteiger partial charge in [-0.25, -0.2) is 0 Å². The van der Waals surface area contributed by atoms with Crippen LogP contribution in [0.2, 0.25) is 0 Å². The molecule has 0 spiro atoms. The van der Waals surface area contributed by atoms with E-state index in [1.54, 1.807) is 28.2 Å². The molecule has 0 aliphatic carbocycles. The molecule has 8 nitrogen and oxygen atoms in total. The molecule has 1 aliphatic heterocycles. The first-order chi connectivity index (χ1) is 12.1. The lowest BCUT2D eigenvalue weighted by Gasteiger charge is -2.27. The van der Waals surface area contributed by atoms with Crippen molar-refractivity contribution in [3.05, 3.63) is 29.0 Å². The Bertz CT molecular complexity index is 789. The van der Waals surface area contributed by atoms with E-state index in [-0.39, 0.29) is 11.2 Å². The molecule has 1 unspecified atom stereocenters. The molecule has 1 N–H and O–H groups in total. The number of hydrogen-bond donors (Lipinski definition) is 1. The van der Waals surface area contributed by atoms with Gasteiger partial charge in [0.15, 0.2) is 11.9 Å². The van der Waals surface area contributed by atoms with Crippen molar-refractivity contribution in [2.45, 2.75) is 11.9 Å². The molecule has 25 heavy (non-hydrogen) atoms. The monoisotopic (exact) mass is 382 g/mol. The summed E-state index contributed by atoms with van der Waals surface area (Å²) >= 11 is 7.14. The van der Waals surface area contributed by atoms with E-state index in [0.717, 1.165) is 23.7 Å². The van der Waals surface area contributed by atoms with Crippen LogP contribution in [0.15, 0.2) is 24.3 Å². The number of tetrazole rings is 1. The van der Waals surface area contributed by atoms with E-state index in [0.29, 0.717) is 18.0 Å². The third kappa shape index (κ3) is 4.02. The van der Waals surface area contributed by atoms with Crippen LogP contribution in [0.3, 0.4) is 0 Å². The maximum absolute atomic E-state index is 11.7. The number of carbonyl (C=O) groups excluding carboxylic acids is 1. The maximum atomic E-state index is 11.7. The van der Waals surface area contributed by atoms with Crippen molar-refractivity contribution in [3.8, 4) is 11.4 Å². The van der Waals surface area contributed by atoms with Gasteiger partial charge in [-0.2, -0.15) is 9.36 Å². The van der Waals surface area contributed by atoms with E-state index in [2.05, 4.69) is 10.4 Å². The molecule has 0 radical (unpaired) electrons. The lowest BCUT2D eigenvalue weighted by atomic mass is 10.3. The summed E-state index contributed by atoms with van der Waals surface area (Å²) in [6.07, 6.45) is 0. The molecule has 0 saturated carbocycles. The quantitative estimate of drug-likeness (QED) is 0.573. The number of carbonyl (C=O) groups is 1. The first-order valence-electron chi connectivity index (χ1n) is 7.82. The van der Waals surface area contributed by atoms with Gasteiger partial charge in [0.25, 0.3) is 0 Å². The molecule has 2 aromatic rings. The highest BCUT2D eigenvalue weighted by molar-refractivity contribution is 8.00. The lowest BCUT2D eigenvalue weighted by Crippen LogP contribution is -3.14. The van der Waals surface area contributed by atoms with Crippen molar-refractivity contribution in [2.24, 2.45) is 0 Å². The minimum absolute atomic E-state index is 0.139. The molecule has 1 saturated heterocycles. The molecule has 0 amide bonds. The van der Waals surface area contributed by atoms with Gasteiger partial charge < -0.3 is 14.4 Å².